The minimum atomic E-state index is -0.851. The van der Waals surface area contributed by atoms with Crippen molar-refractivity contribution in [2.24, 2.45) is 28.6 Å². The van der Waals surface area contributed by atoms with Gasteiger partial charge in [0.15, 0.2) is 11.6 Å². The number of ketones is 7. The maximum Gasteiger partial charge on any atom is 0.306 e. The first-order chi connectivity index (χ1) is 36.7. The third kappa shape index (κ3) is 61.7. The van der Waals surface area contributed by atoms with E-state index in [1.54, 1.807) is 48.5 Å². The number of hydrogen-bond donors (Lipinski definition) is 7. The van der Waals surface area contributed by atoms with Crippen molar-refractivity contribution in [2.45, 2.75) is 213 Å². The van der Waals surface area contributed by atoms with Gasteiger partial charge in [-0.2, -0.15) is 5.21 Å². The highest BCUT2D eigenvalue weighted by Crippen LogP contribution is 2.51. The summed E-state index contributed by atoms with van der Waals surface area (Å²) in [6.45, 7) is 23.2. The number of benzene rings is 1. The number of carboxylic acid groups (broad SMARTS) is 6. The molecule has 7 N–H and O–H groups in total. The summed E-state index contributed by atoms with van der Waals surface area (Å²) in [4.78, 5) is 135. The number of Topliss-reactive ketones (excluding diaryl/α,β-unsaturated/α-hetero) is 7. The molecule has 0 radical (unpaired) electrons. The highest BCUT2D eigenvalue weighted by Gasteiger charge is 2.45. The molecule has 3 rings (SSSR count). The normalized spacial score (nSPS) is 12.2. The van der Waals surface area contributed by atoms with Gasteiger partial charge in [0.05, 0.1) is 18.8 Å². The van der Waals surface area contributed by atoms with Gasteiger partial charge >= 0.3 is 35.8 Å². The molecule has 0 aliphatic heterocycles. The second kappa shape index (κ2) is 46.7. The number of H-pyrrole nitrogens is 1. The SMILES string of the molecule is CC(=O)C(C)CCC(=O)O.CC(=O)CC(C)(C)CC(=O)O.CC(=O)CC(C)CC(=O)O.CC(=O)CC1(CC(=O)O)CC1.CC(=O)CCC(C)C(=O)O.CC(=O)CCCc1nn[nH]n1.CC(=O)c1cccc(C)c1.CCCCC(=O)O. The number of aromatic nitrogens is 4. The molecule has 80 heavy (non-hydrogen) atoms. The molecule has 1 fully saturated rings. The molecular formula is C57H92N4O19. The second-order valence-electron chi connectivity index (χ2n) is 20.9. The summed E-state index contributed by atoms with van der Waals surface area (Å²) in [6.07, 6.45) is 8.78. The van der Waals surface area contributed by atoms with Gasteiger partial charge in [-0.1, -0.05) is 76.9 Å². The lowest BCUT2D eigenvalue weighted by Crippen LogP contribution is -2.19. The number of nitrogens with one attached hydrogen (secondary N) is 1. The molecule has 454 valence electrons. The van der Waals surface area contributed by atoms with Crippen LogP contribution >= 0.6 is 0 Å². The summed E-state index contributed by atoms with van der Waals surface area (Å²) in [5.74, 6) is -4.09. The third-order valence-electron chi connectivity index (χ3n) is 10.9. The smallest absolute Gasteiger partial charge is 0.306 e. The number of carbonyl (C=O) groups is 13. The Balaban J connectivity index is -0.000000269. The molecule has 3 atom stereocenters. The summed E-state index contributed by atoms with van der Waals surface area (Å²) in [5, 5.41) is 63.1. The lowest BCUT2D eigenvalue weighted by Gasteiger charge is -2.19. The number of hydrogen-bond acceptors (Lipinski definition) is 16. The molecule has 23 heteroatoms. The molecule has 1 aliphatic rings. The van der Waals surface area contributed by atoms with E-state index in [4.69, 9.17) is 30.6 Å². The van der Waals surface area contributed by atoms with Gasteiger partial charge in [0.25, 0.3) is 0 Å². The van der Waals surface area contributed by atoms with E-state index >= 15 is 0 Å². The highest BCUT2D eigenvalue weighted by atomic mass is 16.4. The zero-order valence-electron chi connectivity index (χ0n) is 49.6. The number of unbranched alkanes of at least 4 members (excludes halogenated alkanes) is 1. The van der Waals surface area contributed by atoms with Crippen LogP contribution in [0, 0.1) is 35.5 Å². The Labute approximate surface area is 470 Å². The van der Waals surface area contributed by atoms with Crippen LogP contribution in [-0.2, 0) is 64.0 Å². The van der Waals surface area contributed by atoms with Crippen LogP contribution in [0.1, 0.15) is 221 Å². The summed E-state index contributed by atoms with van der Waals surface area (Å²) < 4.78 is 0. The molecule has 2 aromatic rings. The van der Waals surface area contributed by atoms with Gasteiger partial charge < -0.3 is 54.6 Å². The molecule has 1 aromatic carbocycles. The molecule has 1 saturated carbocycles. The minimum Gasteiger partial charge on any atom is -0.481 e. The fourth-order valence-corrected chi connectivity index (χ4v) is 6.51. The molecule has 0 saturated heterocycles. The van der Waals surface area contributed by atoms with E-state index in [0.29, 0.717) is 57.2 Å². The Morgan fingerprint density at radius 1 is 0.600 bits per heavy atom. The number of aliphatic carboxylic acids is 6. The van der Waals surface area contributed by atoms with Crippen LogP contribution in [0.3, 0.4) is 0 Å². The standard InChI is InChI=1S/C9H10O.C8H12O3.C8H14O3.3C7H12O3.C6H10N4O.C5H10O2/c1-7-4-3-5-9(6-7)8(2)10;1-6(9)4-8(2-3-8)5-7(10)11;1-6(9)4-8(2,3)5-7(10)11;1-5(3-6(2)8)4-7(9)10;1-5(6(2)8)3-4-7(9)10;1-5(7(9)10)3-4-6(2)8;1-5(11)3-2-4-6-7-9-10-8-6;1-2-3-4-5(6)7/h3-6H,1-2H3;2-5H2,1H3,(H,10,11);4-5H2,1-3H3,(H,10,11);3*5H,3-4H2,1-2H3,(H,9,10);2-4H2,1H3,(H,7,8,9,10);2-4H2,1H3,(H,6,7). The fourth-order valence-electron chi connectivity index (χ4n) is 6.51. The van der Waals surface area contributed by atoms with Crippen molar-refractivity contribution in [2.75, 3.05) is 0 Å². The van der Waals surface area contributed by atoms with E-state index in [2.05, 4.69) is 20.6 Å². The van der Waals surface area contributed by atoms with E-state index in [9.17, 15) is 62.3 Å². The zero-order chi connectivity index (χ0) is 63.4. The monoisotopic (exact) mass is 1140 g/mol. The molecule has 0 amide bonds. The molecule has 0 spiro atoms. The maximum atomic E-state index is 10.8. The molecule has 23 nitrogen and oxygen atoms in total. The number of tetrazole rings is 1. The van der Waals surface area contributed by atoms with Crippen molar-refractivity contribution in [3.05, 3.63) is 41.2 Å². The van der Waals surface area contributed by atoms with Gasteiger partial charge in [-0.05, 0) is 117 Å². The van der Waals surface area contributed by atoms with E-state index in [0.717, 1.165) is 49.7 Å². The van der Waals surface area contributed by atoms with Gasteiger partial charge in [-0.25, -0.2) is 0 Å². The van der Waals surface area contributed by atoms with E-state index in [-0.39, 0.29) is 83.4 Å². The summed E-state index contributed by atoms with van der Waals surface area (Å²) in [5.41, 5.74) is 1.36. The van der Waals surface area contributed by atoms with E-state index < -0.39 is 47.1 Å². The van der Waals surface area contributed by atoms with Gasteiger partial charge in [-0.15, -0.1) is 10.2 Å². The van der Waals surface area contributed by atoms with Crippen LogP contribution in [0.15, 0.2) is 24.3 Å². The Bertz CT molecular complexity index is 2120. The molecule has 1 aromatic heterocycles. The van der Waals surface area contributed by atoms with Crippen LogP contribution in [-0.4, -0.2) is 128 Å². The van der Waals surface area contributed by atoms with Crippen LogP contribution < -0.4 is 0 Å². The lowest BCUT2D eigenvalue weighted by molar-refractivity contribution is -0.142. The average molecular weight is 1140 g/mol. The van der Waals surface area contributed by atoms with E-state index in [1.165, 1.54) is 34.6 Å². The fraction of sp³-hybridized carbons (Fsp3) is 0.649. The Morgan fingerprint density at radius 2 is 1.14 bits per heavy atom. The number of aromatic amines is 1. The van der Waals surface area contributed by atoms with E-state index in [1.807, 2.05) is 38.1 Å². The van der Waals surface area contributed by atoms with Crippen molar-refractivity contribution in [1.82, 2.24) is 20.6 Å². The lowest BCUT2D eigenvalue weighted by atomic mass is 9.84. The number of nitrogens with zero attached hydrogens (tertiary/aromatic N) is 3. The van der Waals surface area contributed by atoms with Crippen molar-refractivity contribution in [1.29, 1.82) is 0 Å². The molecule has 1 heterocycles. The minimum absolute atomic E-state index is 0.0324. The zero-order valence-corrected chi connectivity index (χ0v) is 49.6. The number of aryl methyl sites for hydroxylation is 2. The summed E-state index contributed by atoms with van der Waals surface area (Å²) in [7, 11) is 0. The number of carboxylic acids is 6. The van der Waals surface area contributed by atoms with Gasteiger partial charge in [0, 0.05) is 69.3 Å². The van der Waals surface area contributed by atoms with Gasteiger partial charge in [0.1, 0.15) is 34.7 Å². The predicted octanol–water partition coefficient (Wildman–Crippen LogP) is 9.49. The highest BCUT2D eigenvalue weighted by molar-refractivity contribution is 5.94. The predicted molar refractivity (Wildman–Crippen MR) is 297 cm³/mol. The molecular weight excluding hydrogens is 1040 g/mol. The van der Waals surface area contributed by atoms with Crippen molar-refractivity contribution < 1.29 is 93.0 Å². The Hall–Kier alpha value is -7.20. The van der Waals surface area contributed by atoms with Gasteiger partial charge in [0.2, 0.25) is 0 Å². The first-order valence-electron chi connectivity index (χ1n) is 26.3. The molecule has 3 unspecified atom stereocenters. The first kappa shape index (κ1) is 81.6. The largest absolute Gasteiger partial charge is 0.481 e. The van der Waals surface area contributed by atoms with Crippen molar-refractivity contribution in [3.63, 3.8) is 0 Å². The molecule has 0 bridgehead atoms. The first-order valence-corrected chi connectivity index (χ1v) is 26.3. The second-order valence-corrected chi connectivity index (χ2v) is 20.9. The average Bonchev–Trinajstić information content (AvgIpc) is 3.81. The third-order valence-corrected chi connectivity index (χ3v) is 10.9. The van der Waals surface area contributed by atoms with Gasteiger partial charge in [-0.3, -0.25) is 38.4 Å². The van der Waals surface area contributed by atoms with Crippen molar-refractivity contribution >= 4 is 76.3 Å². The topological polar surface area (TPSA) is 398 Å². The van der Waals surface area contributed by atoms with Crippen molar-refractivity contribution in [3.8, 4) is 0 Å². The summed E-state index contributed by atoms with van der Waals surface area (Å²) >= 11 is 0. The van der Waals surface area contributed by atoms with Crippen LogP contribution in [0.5, 0.6) is 0 Å². The number of carbonyl (C=O) groups excluding carboxylic acids is 7. The van der Waals surface area contributed by atoms with Crippen LogP contribution in [0.4, 0.5) is 0 Å². The Morgan fingerprint density at radius 3 is 1.46 bits per heavy atom. The summed E-state index contributed by atoms with van der Waals surface area (Å²) in [6, 6.07) is 7.59. The van der Waals surface area contributed by atoms with Crippen LogP contribution in [0.25, 0.3) is 0 Å². The quantitative estimate of drug-likeness (QED) is 0.0390. The maximum absolute atomic E-state index is 10.8. The van der Waals surface area contributed by atoms with Crippen LogP contribution in [0.2, 0.25) is 0 Å². The number of rotatable bonds is 28. The Kier molecular flexibility index (Phi) is 47.6. The molecule has 1 aliphatic carbocycles.